The molecule has 0 saturated carbocycles. The Bertz CT molecular complexity index is 497. The average Bonchev–Trinajstić information content (AvgIpc) is 3.22. The number of hydrogen-bond acceptors (Lipinski definition) is 3. The van der Waals surface area contributed by atoms with E-state index in [-0.39, 0.29) is 0 Å². The van der Waals surface area contributed by atoms with Gasteiger partial charge in [0, 0.05) is 10.6 Å². The highest BCUT2D eigenvalue weighted by Gasteiger charge is 2.24. The first-order chi connectivity index (χ1) is 8.42. The van der Waals surface area contributed by atoms with Crippen LogP contribution in [0.25, 0.3) is 0 Å². The van der Waals surface area contributed by atoms with Gasteiger partial charge < -0.3 is 9.46 Å². The summed E-state index contributed by atoms with van der Waals surface area (Å²) in [6.45, 7) is 0.856. The van der Waals surface area contributed by atoms with E-state index < -0.39 is 0 Å². The Morgan fingerprint density at radius 2 is 1.88 bits per heavy atom. The zero-order chi connectivity index (χ0) is 11.5. The summed E-state index contributed by atoms with van der Waals surface area (Å²) < 4.78 is 8.62. The van der Waals surface area contributed by atoms with Gasteiger partial charge in [-0.2, -0.15) is 0 Å². The van der Waals surface area contributed by atoms with Gasteiger partial charge in [-0.05, 0) is 41.8 Å². The van der Waals surface area contributed by atoms with Gasteiger partial charge in [-0.15, -0.1) is 0 Å². The van der Waals surface area contributed by atoms with E-state index in [2.05, 4.69) is 41.1 Å². The molecule has 0 bridgehead atoms. The standard InChI is InChI=1S/C14H13NOS/c1-2-7-13(8-3-1)17-15-12-6-4-5-11(9-12)14-10-16-14/h1-9,14-15H,10H2. The Kier molecular flexibility index (Phi) is 3.03. The van der Waals surface area contributed by atoms with Crippen molar-refractivity contribution < 1.29 is 4.74 Å². The molecule has 1 heterocycles. The van der Waals surface area contributed by atoms with Crippen molar-refractivity contribution in [3.63, 3.8) is 0 Å². The Balaban J connectivity index is 1.66. The van der Waals surface area contributed by atoms with Crippen molar-refractivity contribution in [1.82, 2.24) is 0 Å². The molecule has 1 aliphatic rings. The molecule has 1 fully saturated rings. The maximum atomic E-state index is 5.28. The van der Waals surface area contributed by atoms with Crippen LogP contribution in [0.5, 0.6) is 0 Å². The van der Waals surface area contributed by atoms with E-state index in [1.165, 1.54) is 10.5 Å². The molecule has 86 valence electrons. The quantitative estimate of drug-likeness (QED) is 0.651. The monoisotopic (exact) mass is 243 g/mol. The molecular weight excluding hydrogens is 230 g/mol. The fraction of sp³-hybridized carbons (Fsp3) is 0.143. The molecule has 0 aliphatic carbocycles. The lowest BCUT2D eigenvalue weighted by Crippen LogP contribution is -1.88. The van der Waals surface area contributed by atoms with Gasteiger partial charge in [0.25, 0.3) is 0 Å². The fourth-order valence-corrected chi connectivity index (χ4v) is 2.31. The molecule has 17 heavy (non-hydrogen) atoms. The van der Waals surface area contributed by atoms with E-state index in [4.69, 9.17) is 4.74 Å². The maximum absolute atomic E-state index is 5.28. The SMILES string of the molecule is c1ccc(SNc2cccc(C3CO3)c2)cc1. The second-order valence-corrected chi connectivity index (χ2v) is 4.84. The molecule has 2 nitrogen and oxygen atoms in total. The molecule has 2 aromatic carbocycles. The van der Waals surface area contributed by atoms with Crippen molar-refractivity contribution in [1.29, 1.82) is 0 Å². The number of nitrogens with one attached hydrogen (secondary N) is 1. The highest BCUT2D eigenvalue weighted by molar-refractivity contribution is 8.00. The third kappa shape index (κ3) is 2.81. The van der Waals surface area contributed by atoms with Gasteiger partial charge >= 0.3 is 0 Å². The normalized spacial score (nSPS) is 17.8. The molecule has 1 atom stereocenters. The molecule has 0 radical (unpaired) electrons. The molecule has 1 unspecified atom stereocenters. The van der Waals surface area contributed by atoms with E-state index >= 15 is 0 Å². The molecule has 0 aromatic heterocycles. The summed E-state index contributed by atoms with van der Waals surface area (Å²) in [6, 6.07) is 18.7. The molecule has 1 saturated heterocycles. The second-order valence-electron chi connectivity index (χ2n) is 3.96. The molecule has 1 N–H and O–H groups in total. The van der Waals surface area contributed by atoms with Gasteiger partial charge in [-0.1, -0.05) is 30.3 Å². The molecular formula is C14H13NOS. The Hall–Kier alpha value is -1.45. The summed E-state index contributed by atoms with van der Waals surface area (Å²) in [5, 5.41) is 0. The summed E-state index contributed by atoms with van der Waals surface area (Å²) in [7, 11) is 0. The molecule has 1 aliphatic heterocycles. The first-order valence-corrected chi connectivity index (χ1v) is 6.43. The highest BCUT2D eigenvalue weighted by atomic mass is 32.2. The Morgan fingerprint density at radius 3 is 2.65 bits per heavy atom. The van der Waals surface area contributed by atoms with Gasteiger partial charge in [-0.3, -0.25) is 0 Å². The number of anilines is 1. The molecule has 0 amide bonds. The van der Waals surface area contributed by atoms with Crippen molar-refractivity contribution in [2.75, 3.05) is 11.3 Å². The lowest BCUT2D eigenvalue weighted by Gasteiger charge is -2.06. The maximum Gasteiger partial charge on any atom is 0.106 e. The largest absolute Gasteiger partial charge is 0.368 e. The van der Waals surface area contributed by atoms with Crippen molar-refractivity contribution in [3.8, 4) is 0 Å². The van der Waals surface area contributed by atoms with Crippen LogP contribution in [0, 0.1) is 0 Å². The number of epoxide rings is 1. The summed E-state index contributed by atoms with van der Waals surface area (Å²) in [5.41, 5.74) is 2.37. The molecule has 0 spiro atoms. The van der Waals surface area contributed by atoms with Crippen LogP contribution in [-0.2, 0) is 4.74 Å². The second kappa shape index (κ2) is 4.82. The average molecular weight is 243 g/mol. The van der Waals surface area contributed by atoms with Crippen LogP contribution >= 0.6 is 11.9 Å². The minimum absolute atomic E-state index is 0.318. The van der Waals surface area contributed by atoms with Gasteiger partial charge in [0.05, 0.1) is 6.61 Å². The predicted molar refractivity (Wildman–Crippen MR) is 71.1 cm³/mol. The van der Waals surface area contributed by atoms with Gasteiger partial charge in [0.15, 0.2) is 0 Å². The molecule has 3 rings (SSSR count). The van der Waals surface area contributed by atoms with Crippen LogP contribution < -0.4 is 4.72 Å². The number of rotatable bonds is 4. The van der Waals surface area contributed by atoms with Crippen LogP contribution in [0.4, 0.5) is 5.69 Å². The molecule has 2 aromatic rings. The van der Waals surface area contributed by atoms with Crippen LogP contribution in [0.3, 0.4) is 0 Å². The van der Waals surface area contributed by atoms with E-state index in [0.717, 1.165) is 12.3 Å². The van der Waals surface area contributed by atoms with Crippen LogP contribution in [0.1, 0.15) is 11.7 Å². The minimum Gasteiger partial charge on any atom is -0.368 e. The third-order valence-electron chi connectivity index (χ3n) is 2.62. The number of hydrogen-bond donors (Lipinski definition) is 1. The van der Waals surface area contributed by atoms with Crippen LogP contribution in [-0.4, -0.2) is 6.61 Å². The first-order valence-electron chi connectivity index (χ1n) is 5.61. The van der Waals surface area contributed by atoms with Crippen molar-refractivity contribution in [2.45, 2.75) is 11.0 Å². The smallest absolute Gasteiger partial charge is 0.106 e. The minimum atomic E-state index is 0.318. The van der Waals surface area contributed by atoms with Crippen molar-refractivity contribution >= 4 is 17.6 Å². The van der Waals surface area contributed by atoms with Crippen LogP contribution in [0.2, 0.25) is 0 Å². The molecule has 3 heteroatoms. The van der Waals surface area contributed by atoms with Crippen LogP contribution in [0.15, 0.2) is 59.5 Å². The predicted octanol–water partition coefficient (Wildman–Crippen LogP) is 3.88. The van der Waals surface area contributed by atoms with Gasteiger partial charge in [-0.25, -0.2) is 0 Å². The highest BCUT2D eigenvalue weighted by Crippen LogP contribution is 2.32. The summed E-state index contributed by atoms with van der Waals surface area (Å²) in [6.07, 6.45) is 0.318. The summed E-state index contributed by atoms with van der Waals surface area (Å²) in [5.74, 6) is 0. The summed E-state index contributed by atoms with van der Waals surface area (Å²) in [4.78, 5) is 1.21. The zero-order valence-electron chi connectivity index (χ0n) is 9.30. The number of ether oxygens (including phenoxy) is 1. The summed E-state index contributed by atoms with van der Waals surface area (Å²) >= 11 is 1.62. The third-order valence-corrected chi connectivity index (χ3v) is 3.47. The van der Waals surface area contributed by atoms with Gasteiger partial charge in [0.1, 0.15) is 6.10 Å². The lowest BCUT2D eigenvalue weighted by molar-refractivity contribution is 0.415. The van der Waals surface area contributed by atoms with E-state index in [9.17, 15) is 0 Å². The van der Waals surface area contributed by atoms with E-state index in [0.29, 0.717) is 6.10 Å². The van der Waals surface area contributed by atoms with E-state index in [1.807, 2.05) is 18.2 Å². The Morgan fingerprint density at radius 1 is 1.06 bits per heavy atom. The Labute approximate surface area is 105 Å². The van der Waals surface area contributed by atoms with Gasteiger partial charge in [0.2, 0.25) is 0 Å². The lowest BCUT2D eigenvalue weighted by atomic mass is 10.1. The number of benzene rings is 2. The zero-order valence-corrected chi connectivity index (χ0v) is 10.1. The van der Waals surface area contributed by atoms with Crippen molar-refractivity contribution in [2.24, 2.45) is 0 Å². The fourth-order valence-electron chi connectivity index (χ4n) is 1.65. The topological polar surface area (TPSA) is 24.6 Å². The van der Waals surface area contributed by atoms with Crippen molar-refractivity contribution in [3.05, 3.63) is 60.2 Å². The van der Waals surface area contributed by atoms with E-state index in [1.54, 1.807) is 11.9 Å². The first kappa shape index (κ1) is 10.7.